The Bertz CT molecular complexity index is 824. The highest BCUT2D eigenvalue weighted by Crippen LogP contribution is 2.34. The maximum absolute atomic E-state index is 13.6. The van der Waals surface area contributed by atoms with Gasteiger partial charge in [-0.1, -0.05) is 18.2 Å². The van der Waals surface area contributed by atoms with Crippen molar-refractivity contribution in [3.05, 3.63) is 42.0 Å². The number of hydrogen-bond acceptors (Lipinski definition) is 5. The van der Waals surface area contributed by atoms with Crippen LogP contribution >= 0.6 is 0 Å². The molecule has 0 unspecified atom stereocenters. The van der Waals surface area contributed by atoms with Gasteiger partial charge in [0.05, 0.1) is 11.8 Å². The van der Waals surface area contributed by atoms with Gasteiger partial charge in [0.2, 0.25) is 11.8 Å². The summed E-state index contributed by atoms with van der Waals surface area (Å²) in [6, 6.07) is 3.07. The second-order valence-electron chi connectivity index (χ2n) is 6.64. The number of esters is 1. The number of ether oxygens (including phenoxy) is 1. The van der Waals surface area contributed by atoms with E-state index in [1.807, 2.05) is 17.5 Å². The number of carbonyl (C=O) groups excluding carboxylic acids is 4. The lowest BCUT2D eigenvalue weighted by molar-refractivity contribution is -0.158. The molecule has 2 aliphatic rings. The molecule has 3 rings (SSSR count). The van der Waals surface area contributed by atoms with Crippen LogP contribution in [0.2, 0.25) is 0 Å². The van der Waals surface area contributed by atoms with Crippen molar-refractivity contribution in [3.63, 3.8) is 0 Å². The maximum Gasteiger partial charge on any atom is 0.326 e. The van der Waals surface area contributed by atoms with E-state index < -0.39 is 65.5 Å². The van der Waals surface area contributed by atoms with Crippen LogP contribution in [0.1, 0.15) is 19.8 Å². The van der Waals surface area contributed by atoms with Crippen LogP contribution in [0.15, 0.2) is 30.4 Å². The molecule has 0 saturated carbocycles. The first-order chi connectivity index (χ1) is 13.3. The lowest BCUT2D eigenvalue weighted by Gasteiger charge is -2.17. The van der Waals surface area contributed by atoms with E-state index in [1.165, 1.54) is 6.92 Å². The molecule has 1 fully saturated rings. The number of hydrogen-bond donors (Lipinski definition) is 1. The number of benzene rings is 1. The molecule has 1 aromatic rings. The first-order valence-corrected chi connectivity index (χ1v) is 8.74. The molecule has 28 heavy (non-hydrogen) atoms. The smallest absolute Gasteiger partial charge is 0.326 e. The third-order valence-corrected chi connectivity index (χ3v) is 4.77. The van der Waals surface area contributed by atoms with E-state index in [0.29, 0.717) is 12.8 Å². The Morgan fingerprint density at radius 3 is 2.21 bits per heavy atom. The zero-order valence-electron chi connectivity index (χ0n) is 15.0. The number of halogens is 2. The Balaban J connectivity index is 1.58. The molecule has 1 heterocycles. The van der Waals surface area contributed by atoms with E-state index in [0.717, 1.165) is 23.1 Å². The van der Waals surface area contributed by atoms with Crippen LogP contribution < -0.4 is 5.32 Å². The molecule has 1 saturated heterocycles. The molecule has 0 spiro atoms. The Kier molecular flexibility index (Phi) is 5.53. The summed E-state index contributed by atoms with van der Waals surface area (Å²) < 4.78 is 32.1. The minimum atomic E-state index is -1.39. The summed E-state index contributed by atoms with van der Waals surface area (Å²) in [4.78, 5) is 49.6. The van der Waals surface area contributed by atoms with Gasteiger partial charge in [0.1, 0.15) is 23.9 Å². The maximum atomic E-state index is 13.6. The van der Waals surface area contributed by atoms with Crippen LogP contribution in [0.3, 0.4) is 0 Å². The average Bonchev–Trinajstić information content (AvgIpc) is 2.90. The monoisotopic (exact) mass is 392 g/mol. The van der Waals surface area contributed by atoms with Crippen molar-refractivity contribution < 1.29 is 32.7 Å². The number of rotatable bonds is 5. The molecular formula is C19H18F2N2O5. The summed E-state index contributed by atoms with van der Waals surface area (Å²) in [5, 5.41) is 2.01. The SMILES string of the molecule is C[C@H](OC(=O)CN1C(=O)[C@H]2CC=CC[C@H]2C1=O)C(=O)Nc1c(F)cccc1F. The molecule has 0 radical (unpaired) electrons. The van der Waals surface area contributed by atoms with Crippen LogP contribution in [-0.2, 0) is 23.9 Å². The number of allylic oxidation sites excluding steroid dienone is 2. The number of likely N-dealkylation sites (tertiary alicyclic amines) is 1. The lowest BCUT2D eigenvalue weighted by Crippen LogP contribution is -2.39. The third kappa shape index (κ3) is 3.78. The fourth-order valence-electron chi connectivity index (χ4n) is 3.28. The van der Waals surface area contributed by atoms with Crippen molar-refractivity contribution in [1.82, 2.24) is 4.90 Å². The van der Waals surface area contributed by atoms with Crippen LogP contribution in [-0.4, -0.2) is 41.2 Å². The number of carbonyl (C=O) groups is 4. The molecule has 1 aromatic carbocycles. The number of nitrogens with zero attached hydrogens (tertiary/aromatic N) is 1. The average molecular weight is 392 g/mol. The van der Waals surface area contributed by atoms with E-state index in [-0.39, 0.29) is 0 Å². The van der Waals surface area contributed by atoms with Crippen molar-refractivity contribution in [1.29, 1.82) is 0 Å². The quantitative estimate of drug-likeness (QED) is 0.469. The van der Waals surface area contributed by atoms with Gasteiger partial charge in [0.15, 0.2) is 6.10 Å². The summed E-state index contributed by atoms with van der Waals surface area (Å²) in [5.74, 6) is -5.71. The van der Waals surface area contributed by atoms with Crippen LogP contribution in [0.5, 0.6) is 0 Å². The zero-order chi connectivity index (χ0) is 20.4. The Morgan fingerprint density at radius 1 is 1.14 bits per heavy atom. The summed E-state index contributed by atoms with van der Waals surface area (Å²) in [7, 11) is 0. The summed E-state index contributed by atoms with van der Waals surface area (Å²) in [6.07, 6.45) is 3.13. The van der Waals surface area contributed by atoms with Gasteiger partial charge < -0.3 is 10.1 Å². The van der Waals surface area contributed by atoms with Crippen molar-refractivity contribution in [2.75, 3.05) is 11.9 Å². The molecule has 3 amide bonds. The first-order valence-electron chi connectivity index (χ1n) is 8.74. The molecule has 7 nitrogen and oxygen atoms in total. The minimum absolute atomic E-state index is 0.438. The van der Waals surface area contributed by atoms with E-state index in [9.17, 15) is 28.0 Å². The number of nitrogens with one attached hydrogen (secondary N) is 1. The largest absolute Gasteiger partial charge is 0.451 e. The van der Waals surface area contributed by atoms with Gasteiger partial charge in [0, 0.05) is 0 Å². The van der Waals surface area contributed by atoms with E-state index in [4.69, 9.17) is 4.74 Å². The van der Waals surface area contributed by atoms with Gasteiger partial charge in [-0.05, 0) is 31.9 Å². The summed E-state index contributed by atoms with van der Waals surface area (Å²) >= 11 is 0. The molecule has 0 bridgehead atoms. The van der Waals surface area contributed by atoms with Gasteiger partial charge in [-0.2, -0.15) is 0 Å². The Morgan fingerprint density at radius 2 is 1.68 bits per heavy atom. The van der Waals surface area contributed by atoms with E-state index >= 15 is 0 Å². The second-order valence-corrected chi connectivity index (χ2v) is 6.64. The highest BCUT2D eigenvalue weighted by Gasteiger charge is 2.47. The van der Waals surface area contributed by atoms with Crippen molar-refractivity contribution >= 4 is 29.4 Å². The summed E-state index contributed by atoms with van der Waals surface area (Å²) in [6.45, 7) is 0.597. The van der Waals surface area contributed by atoms with Crippen LogP contribution in [0, 0.1) is 23.5 Å². The molecule has 1 aliphatic heterocycles. The Labute approximate surface area is 159 Å². The second kappa shape index (κ2) is 7.87. The van der Waals surface area contributed by atoms with E-state index in [2.05, 4.69) is 0 Å². The first kappa shape index (κ1) is 19.7. The van der Waals surface area contributed by atoms with Crippen molar-refractivity contribution in [2.24, 2.45) is 11.8 Å². The molecular weight excluding hydrogens is 374 g/mol. The third-order valence-electron chi connectivity index (χ3n) is 4.77. The zero-order valence-corrected chi connectivity index (χ0v) is 15.0. The normalized spacial score (nSPS) is 22.0. The molecule has 3 atom stereocenters. The minimum Gasteiger partial charge on any atom is -0.451 e. The number of amides is 3. The standard InChI is InChI=1S/C19H18F2N2O5/c1-10(17(25)22-16-13(20)7-4-8-14(16)21)28-15(24)9-23-18(26)11-5-2-3-6-12(11)19(23)27/h2-4,7-8,10-12H,5-6,9H2,1H3,(H,22,25)/t10-,11-,12+/m0/s1. The van der Waals surface area contributed by atoms with Gasteiger partial charge >= 0.3 is 5.97 Å². The molecule has 0 aromatic heterocycles. The number of imide groups is 1. The van der Waals surface area contributed by atoms with Crippen LogP contribution in [0.25, 0.3) is 0 Å². The topological polar surface area (TPSA) is 92.8 Å². The van der Waals surface area contributed by atoms with Gasteiger partial charge in [-0.25, -0.2) is 8.78 Å². The highest BCUT2D eigenvalue weighted by molar-refractivity contribution is 6.07. The Hall–Kier alpha value is -3.10. The molecule has 1 N–H and O–H groups in total. The molecule has 9 heteroatoms. The fourth-order valence-corrected chi connectivity index (χ4v) is 3.28. The molecule has 1 aliphatic carbocycles. The number of para-hydroxylation sites is 1. The number of anilines is 1. The fraction of sp³-hybridized carbons (Fsp3) is 0.368. The number of fused-ring (bicyclic) bond motifs is 1. The van der Waals surface area contributed by atoms with Gasteiger partial charge in [-0.15, -0.1) is 0 Å². The van der Waals surface area contributed by atoms with Gasteiger partial charge in [-0.3, -0.25) is 24.1 Å². The predicted molar refractivity (Wildman–Crippen MR) is 92.6 cm³/mol. The highest BCUT2D eigenvalue weighted by atomic mass is 19.1. The predicted octanol–water partition coefficient (Wildman–Crippen LogP) is 1.79. The van der Waals surface area contributed by atoms with Crippen LogP contribution in [0.4, 0.5) is 14.5 Å². The summed E-state index contributed by atoms with van der Waals surface area (Å²) in [5.41, 5.74) is -0.656. The van der Waals surface area contributed by atoms with Crippen molar-refractivity contribution in [2.45, 2.75) is 25.9 Å². The molecule has 148 valence electrons. The van der Waals surface area contributed by atoms with E-state index in [1.54, 1.807) is 0 Å². The van der Waals surface area contributed by atoms with Crippen molar-refractivity contribution in [3.8, 4) is 0 Å². The lowest BCUT2D eigenvalue weighted by atomic mass is 9.85. The van der Waals surface area contributed by atoms with Gasteiger partial charge in [0.25, 0.3) is 5.91 Å².